The minimum atomic E-state index is -0.210. The number of benzene rings is 1. The molecule has 1 aliphatic heterocycles. The van der Waals surface area contributed by atoms with Gasteiger partial charge in [0.2, 0.25) is 0 Å². The van der Waals surface area contributed by atoms with Crippen molar-refractivity contribution in [2.24, 2.45) is 0 Å². The molecular weight excluding hydrogens is 192 g/mol. The summed E-state index contributed by atoms with van der Waals surface area (Å²) in [6.07, 6.45) is 2.46. The number of ether oxygens (including phenoxy) is 2. The summed E-state index contributed by atoms with van der Waals surface area (Å²) in [5.74, 6) is 0. The lowest BCUT2D eigenvalue weighted by molar-refractivity contribution is -0.182. The lowest BCUT2D eigenvalue weighted by Gasteiger charge is -2.23. The van der Waals surface area contributed by atoms with Gasteiger partial charge in [-0.25, -0.2) is 0 Å². The van der Waals surface area contributed by atoms with Crippen molar-refractivity contribution in [2.45, 2.75) is 12.7 Å². The van der Waals surface area contributed by atoms with Gasteiger partial charge in [0.15, 0.2) is 6.29 Å². The second-order valence-electron chi connectivity index (χ2n) is 3.64. The van der Waals surface area contributed by atoms with E-state index in [1.54, 1.807) is 6.26 Å². The number of rotatable bonds is 1. The molecule has 0 unspecified atom stereocenters. The molecule has 3 nitrogen and oxygen atoms in total. The Balaban J connectivity index is 1.95. The minimum Gasteiger partial charge on any atom is -0.464 e. The molecule has 1 aromatic heterocycles. The fraction of sp³-hybridized carbons (Fsp3) is 0.333. The van der Waals surface area contributed by atoms with Crippen LogP contribution in [0.3, 0.4) is 0 Å². The van der Waals surface area contributed by atoms with E-state index in [1.165, 1.54) is 0 Å². The molecule has 0 aliphatic carbocycles. The average molecular weight is 204 g/mol. The minimum absolute atomic E-state index is 0.210. The highest BCUT2D eigenvalue weighted by molar-refractivity contribution is 5.77. The molecule has 0 radical (unpaired) electrons. The van der Waals surface area contributed by atoms with E-state index in [9.17, 15) is 0 Å². The van der Waals surface area contributed by atoms with Crippen molar-refractivity contribution in [1.82, 2.24) is 0 Å². The van der Waals surface area contributed by atoms with Crippen molar-refractivity contribution in [1.29, 1.82) is 0 Å². The zero-order valence-electron chi connectivity index (χ0n) is 8.31. The van der Waals surface area contributed by atoms with Gasteiger partial charge in [-0.15, -0.1) is 0 Å². The highest BCUT2D eigenvalue weighted by Gasteiger charge is 2.16. The summed E-state index contributed by atoms with van der Waals surface area (Å²) in [5.41, 5.74) is 1.96. The van der Waals surface area contributed by atoms with Gasteiger partial charge in [0.1, 0.15) is 5.58 Å². The van der Waals surface area contributed by atoms with Crippen LogP contribution in [0.2, 0.25) is 0 Å². The van der Waals surface area contributed by atoms with Gasteiger partial charge in [-0.1, -0.05) is 6.07 Å². The van der Waals surface area contributed by atoms with Crippen molar-refractivity contribution in [3.05, 3.63) is 36.1 Å². The molecule has 0 N–H and O–H groups in total. The van der Waals surface area contributed by atoms with Gasteiger partial charge in [-0.05, 0) is 24.6 Å². The Bertz CT molecular complexity index is 455. The largest absolute Gasteiger partial charge is 0.464 e. The Morgan fingerprint density at radius 2 is 1.93 bits per heavy atom. The first-order chi connectivity index (χ1) is 7.43. The maximum Gasteiger partial charge on any atom is 0.183 e. The molecular formula is C12H12O3. The summed E-state index contributed by atoms with van der Waals surface area (Å²) >= 11 is 0. The molecule has 2 heterocycles. The Morgan fingerprint density at radius 1 is 1.07 bits per heavy atom. The van der Waals surface area contributed by atoms with Crippen LogP contribution in [0.15, 0.2) is 34.9 Å². The topological polar surface area (TPSA) is 31.6 Å². The van der Waals surface area contributed by atoms with Gasteiger partial charge in [-0.2, -0.15) is 0 Å². The predicted octanol–water partition coefficient (Wildman–Crippen LogP) is 2.87. The van der Waals surface area contributed by atoms with E-state index in [2.05, 4.69) is 6.07 Å². The van der Waals surface area contributed by atoms with Crippen molar-refractivity contribution >= 4 is 11.0 Å². The van der Waals surface area contributed by atoms with Crippen LogP contribution in [0, 0.1) is 0 Å². The van der Waals surface area contributed by atoms with Crippen molar-refractivity contribution < 1.29 is 13.9 Å². The zero-order chi connectivity index (χ0) is 10.1. The van der Waals surface area contributed by atoms with E-state index in [-0.39, 0.29) is 6.29 Å². The van der Waals surface area contributed by atoms with Crippen LogP contribution in [0.5, 0.6) is 0 Å². The molecule has 2 aromatic rings. The third kappa shape index (κ3) is 1.64. The van der Waals surface area contributed by atoms with Gasteiger partial charge >= 0.3 is 0 Å². The summed E-state index contributed by atoms with van der Waals surface area (Å²) in [4.78, 5) is 0. The molecule has 3 heteroatoms. The van der Waals surface area contributed by atoms with Gasteiger partial charge < -0.3 is 13.9 Å². The van der Waals surface area contributed by atoms with Crippen LogP contribution in [0.25, 0.3) is 11.0 Å². The van der Waals surface area contributed by atoms with E-state index >= 15 is 0 Å². The van der Waals surface area contributed by atoms with E-state index in [0.29, 0.717) is 0 Å². The molecule has 0 spiro atoms. The Labute approximate surface area is 87.6 Å². The first-order valence-corrected chi connectivity index (χ1v) is 5.14. The smallest absolute Gasteiger partial charge is 0.183 e. The van der Waals surface area contributed by atoms with Crippen LogP contribution < -0.4 is 0 Å². The molecule has 0 bridgehead atoms. The van der Waals surface area contributed by atoms with Crippen LogP contribution in [-0.2, 0) is 9.47 Å². The monoisotopic (exact) mass is 204 g/mol. The lowest BCUT2D eigenvalue weighted by Crippen LogP contribution is -2.17. The Morgan fingerprint density at radius 3 is 2.80 bits per heavy atom. The molecule has 78 valence electrons. The first kappa shape index (κ1) is 8.95. The lowest BCUT2D eigenvalue weighted by atomic mass is 10.1. The zero-order valence-corrected chi connectivity index (χ0v) is 8.31. The molecule has 15 heavy (non-hydrogen) atoms. The van der Waals surface area contributed by atoms with Crippen molar-refractivity contribution in [3.63, 3.8) is 0 Å². The highest BCUT2D eigenvalue weighted by Crippen LogP contribution is 2.26. The third-order valence-corrected chi connectivity index (χ3v) is 2.58. The summed E-state index contributed by atoms with van der Waals surface area (Å²) < 4.78 is 16.4. The third-order valence-electron chi connectivity index (χ3n) is 2.58. The number of furan rings is 1. The van der Waals surface area contributed by atoms with Gasteiger partial charge in [0.25, 0.3) is 0 Å². The molecule has 1 aliphatic rings. The predicted molar refractivity (Wildman–Crippen MR) is 55.5 cm³/mol. The van der Waals surface area contributed by atoms with Gasteiger partial charge in [-0.3, -0.25) is 0 Å². The number of hydrogen-bond acceptors (Lipinski definition) is 3. The van der Waals surface area contributed by atoms with Crippen LogP contribution >= 0.6 is 0 Å². The summed E-state index contributed by atoms with van der Waals surface area (Å²) in [5, 5.41) is 1.09. The van der Waals surface area contributed by atoms with Crippen LogP contribution in [-0.4, -0.2) is 13.2 Å². The summed E-state index contributed by atoms with van der Waals surface area (Å²) in [6.45, 7) is 1.54. The second-order valence-corrected chi connectivity index (χ2v) is 3.64. The number of hydrogen-bond donors (Lipinski definition) is 0. The molecule has 1 saturated heterocycles. The summed E-state index contributed by atoms with van der Waals surface area (Å²) in [7, 11) is 0. The Hall–Kier alpha value is -1.32. The highest BCUT2D eigenvalue weighted by atomic mass is 16.7. The van der Waals surface area contributed by atoms with Crippen molar-refractivity contribution in [2.75, 3.05) is 13.2 Å². The normalized spacial score (nSPS) is 18.4. The van der Waals surface area contributed by atoms with Crippen LogP contribution in [0.1, 0.15) is 18.3 Å². The van der Waals surface area contributed by atoms with E-state index in [4.69, 9.17) is 13.9 Å². The fourth-order valence-corrected chi connectivity index (χ4v) is 1.81. The molecule has 1 fully saturated rings. The van der Waals surface area contributed by atoms with Crippen molar-refractivity contribution in [3.8, 4) is 0 Å². The molecule has 1 aromatic carbocycles. The van der Waals surface area contributed by atoms with E-state index < -0.39 is 0 Å². The second kappa shape index (κ2) is 3.68. The van der Waals surface area contributed by atoms with Crippen LogP contribution in [0.4, 0.5) is 0 Å². The van der Waals surface area contributed by atoms with E-state index in [0.717, 1.165) is 36.2 Å². The maximum absolute atomic E-state index is 5.54. The molecule has 0 amide bonds. The molecule has 0 saturated carbocycles. The Kier molecular flexibility index (Phi) is 2.19. The average Bonchev–Trinajstić information content (AvgIpc) is 2.77. The summed E-state index contributed by atoms with van der Waals surface area (Å²) in [6, 6.07) is 7.93. The SMILES string of the molecule is c1cc2cc(C3OCCCO3)ccc2o1. The fourth-order valence-electron chi connectivity index (χ4n) is 1.81. The molecule has 3 rings (SSSR count). The maximum atomic E-state index is 5.54. The van der Waals surface area contributed by atoms with E-state index in [1.807, 2.05) is 18.2 Å². The number of fused-ring (bicyclic) bond motifs is 1. The standard InChI is InChI=1S/C12H12O3/c1-5-14-12(15-6-1)10-2-3-11-9(8-10)4-7-13-11/h2-4,7-8,12H,1,5-6H2. The molecule has 0 atom stereocenters. The first-order valence-electron chi connectivity index (χ1n) is 5.14. The van der Waals surface area contributed by atoms with Gasteiger partial charge in [0, 0.05) is 10.9 Å². The van der Waals surface area contributed by atoms with Gasteiger partial charge in [0.05, 0.1) is 19.5 Å². The quantitative estimate of drug-likeness (QED) is 0.715.